The van der Waals surface area contributed by atoms with E-state index in [1.165, 1.54) is 0 Å². The summed E-state index contributed by atoms with van der Waals surface area (Å²) in [6.07, 6.45) is 3.61. The lowest BCUT2D eigenvalue weighted by atomic mass is 10.00. The molecule has 0 saturated heterocycles. The zero-order valence-electron chi connectivity index (χ0n) is 14.6. The number of carbonyl (C=O) groups is 2. The smallest absolute Gasteiger partial charge is 0.251 e. The molecule has 0 aliphatic heterocycles. The van der Waals surface area contributed by atoms with E-state index in [4.69, 9.17) is 5.73 Å². The molecule has 2 atom stereocenters. The predicted molar refractivity (Wildman–Crippen MR) is 99.5 cm³/mol. The summed E-state index contributed by atoms with van der Waals surface area (Å²) in [5.74, 6) is 0.151. The van der Waals surface area contributed by atoms with Gasteiger partial charge in [-0.2, -0.15) is 0 Å². The molecule has 1 aliphatic rings. The Kier molecular flexibility index (Phi) is 7.24. The van der Waals surface area contributed by atoms with Crippen molar-refractivity contribution < 1.29 is 9.59 Å². The lowest BCUT2D eigenvalue weighted by Crippen LogP contribution is -2.40. The monoisotopic (exact) mass is 353 g/mol. The van der Waals surface area contributed by atoms with Crippen LogP contribution in [0.4, 0.5) is 5.69 Å². The van der Waals surface area contributed by atoms with Crippen LogP contribution in [0.1, 0.15) is 56.8 Å². The fourth-order valence-electron chi connectivity index (χ4n) is 2.89. The fourth-order valence-corrected chi connectivity index (χ4v) is 2.89. The van der Waals surface area contributed by atoms with Gasteiger partial charge in [-0.25, -0.2) is 0 Å². The van der Waals surface area contributed by atoms with Crippen LogP contribution in [0.25, 0.3) is 0 Å². The molecule has 4 N–H and O–H groups in total. The van der Waals surface area contributed by atoms with Crippen LogP contribution in [0.2, 0.25) is 0 Å². The van der Waals surface area contributed by atoms with Crippen molar-refractivity contribution in [3.8, 4) is 0 Å². The number of rotatable bonds is 4. The Balaban J connectivity index is 0.00000288. The first kappa shape index (κ1) is 20.5. The van der Waals surface area contributed by atoms with E-state index in [1.807, 2.05) is 20.8 Å². The van der Waals surface area contributed by atoms with Crippen molar-refractivity contribution in [1.82, 2.24) is 5.32 Å². The summed E-state index contributed by atoms with van der Waals surface area (Å²) < 4.78 is 0. The molecule has 1 aromatic carbocycles. The molecule has 2 rings (SSSR count). The van der Waals surface area contributed by atoms with Gasteiger partial charge in [0, 0.05) is 29.3 Å². The Labute approximate surface area is 150 Å². The zero-order valence-corrected chi connectivity index (χ0v) is 15.4. The summed E-state index contributed by atoms with van der Waals surface area (Å²) in [4.78, 5) is 24.1. The van der Waals surface area contributed by atoms with Gasteiger partial charge in [0.25, 0.3) is 5.91 Å². The van der Waals surface area contributed by atoms with Gasteiger partial charge in [-0.05, 0) is 63.8 Å². The quantitative estimate of drug-likeness (QED) is 0.777. The molecule has 1 saturated carbocycles. The van der Waals surface area contributed by atoms with Crippen LogP contribution < -0.4 is 16.4 Å². The molecule has 1 aromatic rings. The summed E-state index contributed by atoms with van der Waals surface area (Å²) in [7, 11) is 0. The van der Waals surface area contributed by atoms with Crippen LogP contribution in [0.3, 0.4) is 0 Å². The van der Waals surface area contributed by atoms with E-state index in [2.05, 4.69) is 10.6 Å². The van der Waals surface area contributed by atoms with Crippen LogP contribution in [0.5, 0.6) is 0 Å². The lowest BCUT2D eigenvalue weighted by molar-refractivity contribution is -0.117. The molecule has 1 fully saturated rings. The molecule has 0 bridgehead atoms. The van der Waals surface area contributed by atoms with Gasteiger partial charge < -0.3 is 16.4 Å². The summed E-state index contributed by atoms with van der Waals surface area (Å²) >= 11 is 0. The maximum absolute atomic E-state index is 12.1. The van der Waals surface area contributed by atoms with E-state index in [0.29, 0.717) is 17.7 Å². The molecular weight excluding hydrogens is 326 g/mol. The molecule has 5 nitrogen and oxygen atoms in total. The predicted octanol–water partition coefficient (Wildman–Crippen LogP) is 3.09. The van der Waals surface area contributed by atoms with Gasteiger partial charge in [-0.3, -0.25) is 9.59 Å². The zero-order chi connectivity index (χ0) is 17.0. The first-order valence-corrected chi connectivity index (χ1v) is 8.22. The van der Waals surface area contributed by atoms with Crippen LogP contribution in [-0.2, 0) is 4.79 Å². The number of halogens is 1. The van der Waals surface area contributed by atoms with Gasteiger partial charge in [0.15, 0.2) is 0 Å². The van der Waals surface area contributed by atoms with E-state index >= 15 is 0 Å². The summed E-state index contributed by atoms with van der Waals surface area (Å²) in [6, 6.07) is 7.09. The highest BCUT2D eigenvalue weighted by atomic mass is 35.5. The minimum absolute atomic E-state index is 0. The second-order valence-corrected chi connectivity index (χ2v) is 7.39. The third kappa shape index (κ3) is 6.13. The van der Waals surface area contributed by atoms with Crippen molar-refractivity contribution in [3.05, 3.63) is 29.8 Å². The molecule has 0 heterocycles. The second kappa shape index (κ2) is 8.49. The lowest BCUT2D eigenvalue weighted by Gasteiger charge is -2.20. The third-order valence-electron chi connectivity index (χ3n) is 4.08. The molecule has 0 radical (unpaired) electrons. The van der Waals surface area contributed by atoms with Crippen LogP contribution in [-0.4, -0.2) is 23.4 Å². The highest BCUT2D eigenvalue weighted by Crippen LogP contribution is 2.27. The van der Waals surface area contributed by atoms with Crippen molar-refractivity contribution in [1.29, 1.82) is 0 Å². The summed E-state index contributed by atoms with van der Waals surface area (Å²) in [6.45, 7) is 5.81. The molecule has 0 spiro atoms. The normalized spacial score (nSPS) is 20.2. The van der Waals surface area contributed by atoms with Crippen molar-refractivity contribution >= 4 is 29.9 Å². The molecule has 2 amide bonds. The number of amides is 2. The van der Waals surface area contributed by atoms with E-state index in [9.17, 15) is 9.59 Å². The average molecular weight is 354 g/mol. The van der Waals surface area contributed by atoms with E-state index < -0.39 is 0 Å². The van der Waals surface area contributed by atoms with Crippen LogP contribution in [0.15, 0.2) is 24.3 Å². The summed E-state index contributed by atoms with van der Waals surface area (Å²) in [5.41, 5.74) is 7.01. The third-order valence-corrected chi connectivity index (χ3v) is 4.08. The number of hydrogen-bond donors (Lipinski definition) is 3. The molecule has 6 heteroatoms. The molecule has 0 aromatic heterocycles. The summed E-state index contributed by atoms with van der Waals surface area (Å²) in [5, 5.41) is 5.79. The van der Waals surface area contributed by atoms with Crippen molar-refractivity contribution in [2.45, 2.75) is 58.0 Å². The molecular formula is C18H28ClN3O2. The highest BCUT2D eigenvalue weighted by Gasteiger charge is 2.26. The Morgan fingerprint density at radius 1 is 1.17 bits per heavy atom. The minimum atomic E-state index is -0.274. The first-order valence-electron chi connectivity index (χ1n) is 8.22. The van der Waals surface area contributed by atoms with Crippen molar-refractivity contribution in [3.63, 3.8) is 0 Å². The van der Waals surface area contributed by atoms with Gasteiger partial charge in [-0.15, -0.1) is 12.4 Å². The molecule has 0 unspecified atom stereocenters. The number of carbonyl (C=O) groups excluding carboxylic acids is 2. The van der Waals surface area contributed by atoms with Crippen LogP contribution >= 0.6 is 12.4 Å². The fraction of sp³-hybridized carbons (Fsp3) is 0.556. The number of benzene rings is 1. The topological polar surface area (TPSA) is 84.2 Å². The standard InChI is InChI=1S/C18H27N3O2.ClH/c1-18(2,3)21-17(23)12-7-9-14(10-8-12)20-16(22)11-13-5-4-6-15(13)19;/h7-10,13,15H,4-6,11,19H2,1-3H3,(H,20,22)(H,21,23);1H/t13-,15+;/m0./s1. The van der Waals surface area contributed by atoms with Crippen molar-refractivity contribution in [2.24, 2.45) is 11.7 Å². The van der Waals surface area contributed by atoms with Gasteiger partial charge in [0.2, 0.25) is 5.91 Å². The Morgan fingerprint density at radius 2 is 1.79 bits per heavy atom. The largest absolute Gasteiger partial charge is 0.347 e. The number of nitrogens with two attached hydrogens (primary N) is 1. The molecule has 1 aliphatic carbocycles. The minimum Gasteiger partial charge on any atom is -0.347 e. The van der Waals surface area contributed by atoms with Gasteiger partial charge in [0.1, 0.15) is 0 Å². The van der Waals surface area contributed by atoms with E-state index in [0.717, 1.165) is 19.3 Å². The maximum atomic E-state index is 12.1. The first-order chi connectivity index (χ1) is 10.7. The number of nitrogens with one attached hydrogen (secondary N) is 2. The highest BCUT2D eigenvalue weighted by molar-refractivity contribution is 5.96. The van der Waals surface area contributed by atoms with E-state index in [-0.39, 0.29) is 41.7 Å². The Morgan fingerprint density at radius 3 is 2.29 bits per heavy atom. The number of hydrogen-bond acceptors (Lipinski definition) is 3. The van der Waals surface area contributed by atoms with Gasteiger partial charge in [-0.1, -0.05) is 6.42 Å². The van der Waals surface area contributed by atoms with Crippen molar-refractivity contribution in [2.75, 3.05) is 5.32 Å². The van der Waals surface area contributed by atoms with Gasteiger partial charge >= 0.3 is 0 Å². The van der Waals surface area contributed by atoms with E-state index in [1.54, 1.807) is 24.3 Å². The SMILES string of the molecule is CC(C)(C)NC(=O)c1ccc(NC(=O)C[C@@H]2CCC[C@H]2N)cc1.Cl. The average Bonchev–Trinajstić information content (AvgIpc) is 2.83. The Hall–Kier alpha value is -1.59. The molecule has 24 heavy (non-hydrogen) atoms. The maximum Gasteiger partial charge on any atom is 0.251 e. The second-order valence-electron chi connectivity index (χ2n) is 7.39. The van der Waals surface area contributed by atoms with Gasteiger partial charge in [0.05, 0.1) is 0 Å². The Bertz CT molecular complexity index is 567. The number of anilines is 1. The molecule has 134 valence electrons. The van der Waals surface area contributed by atoms with Crippen LogP contribution in [0, 0.1) is 5.92 Å².